The number of ether oxygens (including phenoxy) is 1. The molecule has 1 aromatic rings. The third-order valence-corrected chi connectivity index (χ3v) is 3.15. The lowest BCUT2D eigenvalue weighted by atomic mass is 9.86. The fraction of sp³-hybridized carbons (Fsp3) is 0.538. The maximum Gasteiger partial charge on any atom is 0.0719 e. The smallest absolute Gasteiger partial charge is 0.0719 e. The first-order chi connectivity index (χ1) is 7.33. The Hall–Kier alpha value is -0.860. The Kier molecular flexibility index (Phi) is 3.39. The van der Waals surface area contributed by atoms with E-state index in [4.69, 9.17) is 10.5 Å². The summed E-state index contributed by atoms with van der Waals surface area (Å²) in [6.45, 7) is 3.69. The van der Waals surface area contributed by atoms with E-state index in [-0.39, 0.29) is 6.04 Å². The molecule has 2 N–H and O–H groups in total. The van der Waals surface area contributed by atoms with Crippen LogP contribution in [0.5, 0.6) is 0 Å². The van der Waals surface area contributed by atoms with Gasteiger partial charge in [-0.15, -0.1) is 0 Å². The van der Waals surface area contributed by atoms with Gasteiger partial charge in [-0.3, -0.25) is 0 Å². The van der Waals surface area contributed by atoms with Gasteiger partial charge in [-0.2, -0.15) is 0 Å². The summed E-state index contributed by atoms with van der Waals surface area (Å²) in [4.78, 5) is 0. The van der Waals surface area contributed by atoms with Crippen molar-refractivity contribution in [1.82, 2.24) is 0 Å². The van der Waals surface area contributed by atoms with Gasteiger partial charge >= 0.3 is 0 Å². The predicted octanol–water partition coefficient (Wildman–Crippen LogP) is 2.43. The molecule has 0 saturated carbocycles. The number of benzene rings is 1. The molecule has 0 aromatic heterocycles. The van der Waals surface area contributed by atoms with E-state index in [0.717, 1.165) is 26.1 Å². The van der Waals surface area contributed by atoms with Gasteiger partial charge < -0.3 is 10.5 Å². The summed E-state index contributed by atoms with van der Waals surface area (Å²) in [5.41, 5.74) is 8.89. The van der Waals surface area contributed by atoms with Crippen LogP contribution in [-0.4, -0.2) is 12.6 Å². The zero-order chi connectivity index (χ0) is 10.7. The van der Waals surface area contributed by atoms with Gasteiger partial charge in [0, 0.05) is 12.0 Å². The number of fused-ring (bicyclic) bond motifs is 1. The van der Waals surface area contributed by atoms with E-state index in [2.05, 4.69) is 31.2 Å². The second-order valence-electron chi connectivity index (χ2n) is 4.27. The normalized spacial score (nSPS) is 22.1. The molecule has 2 unspecified atom stereocenters. The molecule has 0 fully saturated rings. The lowest BCUT2D eigenvalue weighted by Gasteiger charge is -2.30. The van der Waals surface area contributed by atoms with Crippen molar-refractivity contribution < 1.29 is 4.74 Å². The maximum absolute atomic E-state index is 6.19. The van der Waals surface area contributed by atoms with Gasteiger partial charge in [0.15, 0.2) is 0 Å². The number of hydrogen-bond donors (Lipinski definition) is 1. The summed E-state index contributed by atoms with van der Waals surface area (Å²) >= 11 is 0. The minimum Gasteiger partial charge on any atom is -0.376 e. The first-order valence-electron chi connectivity index (χ1n) is 5.74. The monoisotopic (exact) mass is 205 g/mol. The van der Waals surface area contributed by atoms with Crippen LogP contribution < -0.4 is 5.73 Å². The Morgan fingerprint density at radius 1 is 1.47 bits per heavy atom. The van der Waals surface area contributed by atoms with Crippen molar-refractivity contribution >= 4 is 0 Å². The quantitative estimate of drug-likeness (QED) is 0.822. The molecule has 2 nitrogen and oxygen atoms in total. The zero-order valence-corrected chi connectivity index (χ0v) is 9.28. The van der Waals surface area contributed by atoms with E-state index in [9.17, 15) is 0 Å². The van der Waals surface area contributed by atoms with Gasteiger partial charge in [-0.05, 0) is 17.5 Å². The molecule has 1 aromatic carbocycles. The van der Waals surface area contributed by atoms with Gasteiger partial charge in [-0.1, -0.05) is 37.6 Å². The summed E-state index contributed by atoms with van der Waals surface area (Å²) in [5.74, 6) is 0.384. The SMILES string of the molecule is CCCC(N)C1COCc2ccccc21. The highest BCUT2D eigenvalue weighted by Gasteiger charge is 2.25. The second-order valence-corrected chi connectivity index (χ2v) is 4.27. The average Bonchev–Trinajstić information content (AvgIpc) is 2.28. The van der Waals surface area contributed by atoms with E-state index in [1.807, 2.05) is 0 Å². The lowest BCUT2D eigenvalue weighted by Crippen LogP contribution is -2.34. The van der Waals surface area contributed by atoms with Crippen molar-refractivity contribution in [2.75, 3.05) is 6.61 Å². The molecule has 1 heterocycles. The van der Waals surface area contributed by atoms with E-state index < -0.39 is 0 Å². The Labute approximate surface area is 91.4 Å². The third kappa shape index (κ3) is 2.21. The second kappa shape index (κ2) is 4.77. The van der Waals surface area contributed by atoms with Gasteiger partial charge in [0.25, 0.3) is 0 Å². The molecule has 0 radical (unpaired) electrons. The van der Waals surface area contributed by atoms with Crippen molar-refractivity contribution in [1.29, 1.82) is 0 Å². The zero-order valence-electron chi connectivity index (χ0n) is 9.28. The van der Waals surface area contributed by atoms with Crippen LogP contribution in [0, 0.1) is 0 Å². The van der Waals surface area contributed by atoms with Crippen molar-refractivity contribution in [3.63, 3.8) is 0 Å². The van der Waals surface area contributed by atoms with Crippen LogP contribution in [0.25, 0.3) is 0 Å². The first kappa shape index (κ1) is 10.7. The molecule has 1 aliphatic heterocycles. The molecule has 0 spiro atoms. The van der Waals surface area contributed by atoms with Crippen molar-refractivity contribution in [2.24, 2.45) is 5.73 Å². The fourth-order valence-electron chi connectivity index (χ4n) is 2.30. The molecule has 0 aliphatic carbocycles. The molecule has 0 saturated heterocycles. The number of hydrogen-bond acceptors (Lipinski definition) is 2. The number of nitrogens with two attached hydrogens (primary N) is 1. The van der Waals surface area contributed by atoms with Gasteiger partial charge in [0.2, 0.25) is 0 Å². The van der Waals surface area contributed by atoms with Crippen LogP contribution >= 0.6 is 0 Å². The summed E-state index contributed by atoms with van der Waals surface area (Å²) < 4.78 is 5.60. The summed E-state index contributed by atoms with van der Waals surface area (Å²) in [6.07, 6.45) is 2.21. The standard InChI is InChI=1S/C13H19NO/c1-2-5-13(14)12-9-15-8-10-6-3-4-7-11(10)12/h3-4,6-7,12-13H,2,5,8-9,14H2,1H3. The molecular weight excluding hydrogens is 186 g/mol. The lowest BCUT2D eigenvalue weighted by molar-refractivity contribution is 0.0833. The maximum atomic E-state index is 6.19. The molecule has 1 aliphatic rings. The molecular formula is C13H19NO. The minimum absolute atomic E-state index is 0.233. The van der Waals surface area contributed by atoms with E-state index in [1.54, 1.807) is 0 Å². The topological polar surface area (TPSA) is 35.2 Å². The van der Waals surface area contributed by atoms with Crippen LogP contribution in [0.4, 0.5) is 0 Å². The largest absolute Gasteiger partial charge is 0.376 e. The molecule has 82 valence electrons. The highest BCUT2D eigenvalue weighted by Crippen LogP contribution is 2.29. The Morgan fingerprint density at radius 2 is 2.27 bits per heavy atom. The highest BCUT2D eigenvalue weighted by molar-refractivity contribution is 5.32. The van der Waals surface area contributed by atoms with E-state index in [0.29, 0.717) is 5.92 Å². The average molecular weight is 205 g/mol. The molecule has 2 heteroatoms. The molecule has 2 atom stereocenters. The molecule has 15 heavy (non-hydrogen) atoms. The van der Waals surface area contributed by atoms with Crippen molar-refractivity contribution in [3.8, 4) is 0 Å². The van der Waals surface area contributed by atoms with Crippen LogP contribution in [0.3, 0.4) is 0 Å². The van der Waals surface area contributed by atoms with Gasteiger partial charge in [-0.25, -0.2) is 0 Å². The first-order valence-corrected chi connectivity index (χ1v) is 5.74. The van der Waals surface area contributed by atoms with E-state index >= 15 is 0 Å². The summed E-state index contributed by atoms with van der Waals surface area (Å²) in [7, 11) is 0. The Bertz CT molecular complexity index is 324. The van der Waals surface area contributed by atoms with Crippen molar-refractivity contribution in [3.05, 3.63) is 35.4 Å². The predicted molar refractivity (Wildman–Crippen MR) is 61.7 cm³/mol. The molecule has 2 rings (SSSR count). The van der Waals surface area contributed by atoms with Crippen molar-refractivity contribution in [2.45, 2.75) is 38.3 Å². The van der Waals surface area contributed by atoms with Gasteiger partial charge in [0.05, 0.1) is 13.2 Å². The van der Waals surface area contributed by atoms with Gasteiger partial charge in [0.1, 0.15) is 0 Å². The van der Waals surface area contributed by atoms with Crippen LogP contribution in [0.1, 0.15) is 36.8 Å². The minimum atomic E-state index is 0.233. The van der Waals surface area contributed by atoms with Crippen LogP contribution in [0.15, 0.2) is 24.3 Å². The Morgan fingerprint density at radius 3 is 3.07 bits per heavy atom. The fourth-order valence-corrected chi connectivity index (χ4v) is 2.30. The third-order valence-electron chi connectivity index (χ3n) is 3.15. The number of rotatable bonds is 3. The van der Waals surface area contributed by atoms with E-state index in [1.165, 1.54) is 11.1 Å². The molecule has 0 amide bonds. The Balaban J connectivity index is 2.21. The van der Waals surface area contributed by atoms with Crippen LogP contribution in [0.2, 0.25) is 0 Å². The van der Waals surface area contributed by atoms with Crippen LogP contribution in [-0.2, 0) is 11.3 Å². The summed E-state index contributed by atoms with van der Waals surface area (Å²) in [6, 6.07) is 8.72. The highest BCUT2D eigenvalue weighted by atomic mass is 16.5. The molecule has 0 bridgehead atoms. The summed E-state index contributed by atoms with van der Waals surface area (Å²) in [5, 5.41) is 0.